The molecule has 7 nitrogen and oxygen atoms in total. The fourth-order valence-corrected chi connectivity index (χ4v) is 3.50. The zero-order valence-corrected chi connectivity index (χ0v) is 17.8. The van der Waals surface area contributed by atoms with Gasteiger partial charge in [0.2, 0.25) is 6.17 Å². The Morgan fingerprint density at radius 2 is 1.65 bits per heavy atom. The highest BCUT2D eigenvalue weighted by Gasteiger charge is 2.31. The van der Waals surface area contributed by atoms with Crippen molar-refractivity contribution in [2.75, 3.05) is 17.3 Å². The van der Waals surface area contributed by atoms with E-state index < -0.39 is 30.5 Å². The Morgan fingerprint density at radius 3 is 2.32 bits per heavy atom. The van der Waals surface area contributed by atoms with Crippen LogP contribution in [0.15, 0.2) is 77.8 Å². The Kier molecular flexibility index (Phi) is 6.48. The highest BCUT2D eigenvalue weighted by molar-refractivity contribution is 6.20. The number of benzene rings is 3. The monoisotopic (exact) mass is 468 g/mol. The van der Waals surface area contributed by atoms with E-state index in [2.05, 4.69) is 20.4 Å². The second-order valence-corrected chi connectivity index (χ2v) is 7.28. The molecular formula is C24H19F3N4O3. The lowest BCUT2D eigenvalue weighted by Gasteiger charge is -2.21. The number of hydrogen-bond acceptors (Lipinski definition) is 4. The zero-order valence-electron chi connectivity index (χ0n) is 17.8. The van der Waals surface area contributed by atoms with Gasteiger partial charge in [-0.05, 0) is 42.5 Å². The average molecular weight is 468 g/mol. The minimum atomic E-state index is -2.97. The van der Waals surface area contributed by atoms with Gasteiger partial charge < -0.3 is 20.3 Å². The molecule has 0 aliphatic carbocycles. The molecule has 0 spiro atoms. The number of hydrogen-bond donors (Lipinski definition) is 2. The molecule has 4 rings (SSSR count). The standard InChI is InChI=1S/C24H19F3N4O3/c1-31-19-9-5-3-7-17(19)20(16-6-2-4-8-18(16)25)29-21(22(31)32)30-24(33)28-14-10-12-15(13-11-14)34-23(26)27/h2-13,21,23H,1H3,(H2,28,30,33). The van der Waals surface area contributed by atoms with Crippen molar-refractivity contribution in [3.63, 3.8) is 0 Å². The van der Waals surface area contributed by atoms with Crippen LogP contribution in [0.2, 0.25) is 0 Å². The van der Waals surface area contributed by atoms with E-state index in [1.165, 1.54) is 42.3 Å². The molecule has 3 aromatic rings. The Morgan fingerprint density at radius 1 is 1.00 bits per heavy atom. The van der Waals surface area contributed by atoms with Crippen molar-refractivity contribution in [3.05, 3.63) is 89.7 Å². The van der Waals surface area contributed by atoms with Crippen LogP contribution in [0, 0.1) is 5.82 Å². The number of amides is 3. The van der Waals surface area contributed by atoms with Crippen LogP contribution in [-0.2, 0) is 4.79 Å². The maximum atomic E-state index is 14.6. The summed E-state index contributed by atoms with van der Waals surface area (Å²) in [6.07, 6.45) is -1.35. The molecule has 1 heterocycles. The number of fused-ring (bicyclic) bond motifs is 1. The van der Waals surface area contributed by atoms with Crippen LogP contribution in [0.25, 0.3) is 0 Å². The van der Waals surface area contributed by atoms with Gasteiger partial charge in [0.25, 0.3) is 5.91 Å². The van der Waals surface area contributed by atoms with Crippen LogP contribution < -0.4 is 20.3 Å². The van der Waals surface area contributed by atoms with Gasteiger partial charge in [-0.25, -0.2) is 14.2 Å². The van der Waals surface area contributed by atoms with Gasteiger partial charge in [-0.2, -0.15) is 8.78 Å². The molecule has 1 atom stereocenters. The summed E-state index contributed by atoms with van der Waals surface area (Å²) in [7, 11) is 1.54. The quantitative estimate of drug-likeness (QED) is 0.583. The molecule has 0 radical (unpaired) electrons. The predicted molar refractivity (Wildman–Crippen MR) is 121 cm³/mol. The highest BCUT2D eigenvalue weighted by Crippen LogP contribution is 2.28. The minimum absolute atomic E-state index is 0.0709. The van der Waals surface area contributed by atoms with Crippen LogP contribution in [-0.4, -0.2) is 37.5 Å². The van der Waals surface area contributed by atoms with Gasteiger partial charge in [0.1, 0.15) is 11.6 Å². The van der Waals surface area contributed by atoms with Crippen molar-refractivity contribution in [3.8, 4) is 5.75 Å². The minimum Gasteiger partial charge on any atom is -0.435 e. The van der Waals surface area contributed by atoms with Crippen LogP contribution >= 0.6 is 0 Å². The summed E-state index contributed by atoms with van der Waals surface area (Å²) in [4.78, 5) is 31.5. The van der Waals surface area contributed by atoms with Gasteiger partial charge in [-0.15, -0.1) is 0 Å². The average Bonchev–Trinajstić information content (AvgIpc) is 2.91. The van der Waals surface area contributed by atoms with Crippen LogP contribution in [0.5, 0.6) is 5.75 Å². The maximum absolute atomic E-state index is 14.6. The normalized spacial score (nSPS) is 15.3. The molecule has 3 amide bonds. The number of aliphatic imine (C=N–C) groups is 1. The fourth-order valence-electron chi connectivity index (χ4n) is 3.50. The Hall–Kier alpha value is -4.34. The molecule has 1 aliphatic heterocycles. The number of nitrogens with one attached hydrogen (secondary N) is 2. The summed E-state index contributed by atoms with van der Waals surface area (Å²) in [5, 5.41) is 4.99. The largest absolute Gasteiger partial charge is 0.435 e. The lowest BCUT2D eigenvalue weighted by molar-refractivity contribution is -0.119. The molecule has 0 saturated carbocycles. The summed E-state index contributed by atoms with van der Waals surface area (Å²) in [6, 6.07) is 17.4. The lowest BCUT2D eigenvalue weighted by atomic mass is 10.00. The Balaban J connectivity index is 1.62. The smallest absolute Gasteiger partial charge is 0.387 e. The van der Waals surface area contributed by atoms with Crippen LogP contribution in [0.3, 0.4) is 0 Å². The van der Waals surface area contributed by atoms with E-state index in [0.717, 1.165) is 0 Å². The lowest BCUT2D eigenvalue weighted by Crippen LogP contribution is -2.47. The number of carbonyl (C=O) groups excluding carboxylic acids is 2. The van der Waals surface area contributed by atoms with Crippen LogP contribution in [0.1, 0.15) is 11.1 Å². The second-order valence-electron chi connectivity index (χ2n) is 7.28. The number of ether oxygens (including phenoxy) is 1. The molecule has 34 heavy (non-hydrogen) atoms. The van der Waals surface area contributed by atoms with Crippen molar-refractivity contribution in [2.24, 2.45) is 4.99 Å². The number of likely N-dealkylation sites (N-methyl/N-ethyl adjacent to an activating group) is 1. The number of urea groups is 1. The SMILES string of the molecule is CN1C(=O)C(NC(=O)Nc2ccc(OC(F)F)cc2)N=C(c2ccccc2F)c2ccccc21. The predicted octanol–water partition coefficient (Wildman–Crippen LogP) is 4.39. The number of benzodiazepines with no additional fused rings is 1. The van der Waals surface area contributed by atoms with E-state index in [-0.39, 0.29) is 22.7 Å². The van der Waals surface area contributed by atoms with Gasteiger partial charge in [0.05, 0.1) is 11.4 Å². The third-order valence-electron chi connectivity index (χ3n) is 5.08. The molecule has 1 unspecified atom stereocenters. The van der Waals surface area contributed by atoms with E-state index in [1.54, 1.807) is 42.5 Å². The molecule has 1 aliphatic rings. The van der Waals surface area contributed by atoms with Gasteiger partial charge in [0, 0.05) is 23.9 Å². The number of nitrogens with zero attached hydrogens (tertiary/aromatic N) is 2. The van der Waals surface area contributed by atoms with Crippen molar-refractivity contribution < 1.29 is 27.5 Å². The summed E-state index contributed by atoms with van der Waals surface area (Å²) >= 11 is 0. The number of para-hydroxylation sites is 1. The second kappa shape index (κ2) is 9.65. The third-order valence-corrected chi connectivity index (χ3v) is 5.08. The van der Waals surface area contributed by atoms with E-state index in [1.807, 2.05) is 0 Å². The number of rotatable bonds is 5. The number of carbonyl (C=O) groups is 2. The summed E-state index contributed by atoms with van der Waals surface area (Å²) in [5.74, 6) is -1.13. The van der Waals surface area contributed by atoms with Gasteiger partial charge in [-0.1, -0.05) is 30.3 Å². The van der Waals surface area contributed by atoms with Crippen molar-refractivity contribution in [1.82, 2.24) is 5.32 Å². The molecule has 2 N–H and O–H groups in total. The van der Waals surface area contributed by atoms with Gasteiger partial charge in [0.15, 0.2) is 0 Å². The van der Waals surface area contributed by atoms with E-state index >= 15 is 0 Å². The molecule has 10 heteroatoms. The molecular weight excluding hydrogens is 449 g/mol. The summed E-state index contributed by atoms with van der Waals surface area (Å²) < 4.78 is 43.5. The number of alkyl halides is 2. The van der Waals surface area contributed by atoms with Crippen LogP contribution in [0.4, 0.5) is 29.3 Å². The first-order valence-corrected chi connectivity index (χ1v) is 10.2. The summed E-state index contributed by atoms with van der Waals surface area (Å²) in [6.45, 7) is -2.97. The van der Waals surface area contributed by atoms with Gasteiger partial charge >= 0.3 is 12.6 Å². The number of anilines is 2. The van der Waals surface area contributed by atoms with E-state index in [9.17, 15) is 22.8 Å². The molecule has 0 saturated heterocycles. The highest BCUT2D eigenvalue weighted by atomic mass is 19.3. The van der Waals surface area contributed by atoms with E-state index in [4.69, 9.17) is 0 Å². The van der Waals surface area contributed by atoms with Crippen molar-refractivity contribution >= 4 is 29.0 Å². The molecule has 0 fully saturated rings. The summed E-state index contributed by atoms with van der Waals surface area (Å²) in [5.41, 5.74) is 1.71. The third kappa shape index (κ3) is 4.85. The topological polar surface area (TPSA) is 83.0 Å². The number of halogens is 3. The fraction of sp³-hybridized carbons (Fsp3) is 0.125. The Bertz CT molecular complexity index is 1250. The first-order chi connectivity index (χ1) is 16.3. The first-order valence-electron chi connectivity index (χ1n) is 10.2. The van der Waals surface area contributed by atoms with E-state index in [0.29, 0.717) is 11.3 Å². The molecule has 0 aromatic heterocycles. The zero-order chi connectivity index (χ0) is 24.2. The maximum Gasteiger partial charge on any atom is 0.387 e. The van der Waals surface area contributed by atoms with Crippen molar-refractivity contribution in [2.45, 2.75) is 12.8 Å². The van der Waals surface area contributed by atoms with Gasteiger partial charge in [-0.3, -0.25) is 4.79 Å². The van der Waals surface area contributed by atoms with Crippen molar-refractivity contribution in [1.29, 1.82) is 0 Å². The Labute approximate surface area is 192 Å². The molecule has 174 valence electrons. The first kappa shape index (κ1) is 22.8. The molecule has 3 aromatic carbocycles. The molecule has 0 bridgehead atoms.